The maximum absolute atomic E-state index is 14.4. The third-order valence-electron chi connectivity index (χ3n) is 11.7. The van der Waals surface area contributed by atoms with Crippen LogP contribution >= 0.6 is 0 Å². The van der Waals surface area contributed by atoms with Gasteiger partial charge in [0.25, 0.3) is 0 Å². The highest BCUT2D eigenvalue weighted by atomic mass is 16.6. The fourth-order valence-corrected chi connectivity index (χ4v) is 6.50. The molecule has 0 aromatic heterocycles. The van der Waals surface area contributed by atoms with E-state index in [1.54, 1.807) is 48.5 Å². The third kappa shape index (κ3) is 22.7. The maximum Gasteiger partial charge on any atom is 0.318 e. The summed E-state index contributed by atoms with van der Waals surface area (Å²) in [5.41, 5.74) is -11.6. The van der Waals surface area contributed by atoms with Crippen molar-refractivity contribution in [1.82, 2.24) is 0 Å². The lowest BCUT2D eigenvalue weighted by Gasteiger charge is -2.36. The molecule has 21 heteroatoms. The summed E-state index contributed by atoms with van der Waals surface area (Å²) in [6.07, 6.45) is 0. The molecular formula is C53H94O21. The predicted octanol–water partition coefficient (Wildman–Crippen LogP) is 5.74. The van der Waals surface area contributed by atoms with Crippen molar-refractivity contribution in [1.29, 1.82) is 0 Å². The Hall–Kier alpha value is -3.96. The molecule has 0 amide bonds. The Labute approximate surface area is 441 Å². The minimum Gasteiger partial charge on any atom is -0.496 e. The number of ether oxygens (including phenoxy) is 15. The van der Waals surface area contributed by atoms with Crippen molar-refractivity contribution in [2.75, 3.05) is 141 Å². The summed E-state index contributed by atoms with van der Waals surface area (Å²) in [5.74, 6) is -4.94. The molecule has 0 aliphatic rings. The summed E-state index contributed by atoms with van der Waals surface area (Å²) in [6, 6.07) is 0. The molecule has 0 radical (unpaired) electrons. The van der Waals surface area contributed by atoms with Gasteiger partial charge < -0.3 is 71.1 Å². The van der Waals surface area contributed by atoms with E-state index >= 15 is 0 Å². The van der Waals surface area contributed by atoms with E-state index in [-0.39, 0.29) is 58.6 Å². The zero-order valence-corrected chi connectivity index (χ0v) is 48.6. The van der Waals surface area contributed by atoms with Gasteiger partial charge in [-0.3, -0.25) is 28.8 Å². The fourth-order valence-electron chi connectivity index (χ4n) is 6.50. The first kappa shape index (κ1) is 70.0. The van der Waals surface area contributed by atoms with Crippen LogP contribution in [-0.4, -0.2) is 188 Å². The maximum atomic E-state index is 14.4. The van der Waals surface area contributed by atoms with Gasteiger partial charge in [0.2, 0.25) is 0 Å². The van der Waals surface area contributed by atoms with Crippen LogP contribution in [0.25, 0.3) is 0 Å². The van der Waals surface area contributed by atoms with Gasteiger partial charge >= 0.3 is 35.8 Å². The van der Waals surface area contributed by atoms with Gasteiger partial charge in [0.1, 0.15) is 77.9 Å². The molecule has 0 aliphatic heterocycles. The standard InChI is InChI=1S/C53H94O21/c1-22-65-28-49(12,26-62-19)41(56)68-30-47(10,31-69-42(57)50(13,27-63-20)29-66-23-2)38(3)67-32-51(14,39(54)64-21)33-70-43(58)52(15,34-71-40(55)48(11,24-60-17)25-61-18)35-72-44(59)53(16,36-73-45(4,5)6)37-74-46(7,8)9/h3,22-37H2,1-2,4-21H3. The van der Waals surface area contributed by atoms with Crippen LogP contribution in [0.1, 0.15) is 104 Å². The quantitative estimate of drug-likeness (QED) is 0.0407. The SMILES string of the molecule is C=C(OCC(C)(COC(=O)C(C)(COC(=O)C(C)(COC)COC)COC(=O)C(C)(COC(C)(C)C)COC(C)(C)C)C(=O)OC)C(C)(COC(=O)C(C)(COC)COCC)COC(=O)C(C)(COC)COCC. The van der Waals surface area contributed by atoms with Crippen molar-refractivity contribution in [3.05, 3.63) is 12.3 Å². The Morgan fingerprint density at radius 2 is 0.541 bits per heavy atom. The molecule has 74 heavy (non-hydrogen) atoms. The van der Waals surface area contributed by atoms with Crippen LogP contribution in [0.4, 0.5) is 0 Å². The first-order chi connectivity index (χ1) is 34.0. The van der Waals surface area contributed by atoms with Gasteiger partial charge in [-0.1, -0.05) is 6.58 Å². The molecule has 432 valence electrons. The highest BCUT2D eigenvalue weighted by Crippen LogP contribution is 2.35. The number of carbonyl (C=O) groups is 6. The average molecular weight is 1070 g/mol. The van der Waals surface area contributed by atoms with Gasteiger partial charge in [0, 0.05) is 41.7 Å². The average Bonchev–Trinajstić information content (AvgIpc) is 3.33. The fraction of sp³-hybridized carbons (Fsp3) is 0.849. The lowest BCUT2D eigenvalue weighted by Crippen LogP contribution is -2.48. The summed E-state index contributed by atoms with van der Waals surface area (Å²) < 4.78 is 84.9. The Bertz CT molecular complexity index is 1720. The number of hydrogen-bond acceptors (Lipinski definition) is 21. The molecule has 0 spiro atoms. The van der Waals surface area contributed by atoms with Gasteiger partial charge in [-0.25, -0.2) is 0 Å². The lowest BCUT2D eigenvalue weighted by molar-refractivity contribution is -0.186. The number of hydrogen-bond donors (Lipinski definition) is 0. The molecule has 0 aromatic rings. The molecular weight excluding hydrogens is 973 g/mol. The highest BCUT2D eigenvalue weighted by Gasteiger charge is 2.48. The van der Waals surface area contributed by atoms with Crippen molar-refractivity contribution in [2.45, 2.75) is 115 Å². The zero-order valence-electron chi connectivity index (χ0n) is 48.6. The number of carbonyl (C=O) groups excluding carboxylic acids is 6. The van der Waals surface area contributed by atoms with Crippen molar-refractivity contribution in [3.8, 4) is 0 Å². The summed E-state index contributed by atoms with van der Waals surface area (Å²) in [5, 5.41) is 0. The second-order valence-corrected chi connectivity index (χ2v) is 22.8. The van der Waals surface area contributed by atoms with E-state index in [1.165, 1.54) is 42.3 Å². The van der Waals surface area contributed by atoms with E-state index in [0.717, 1.165) is 7.11 Å². The summed E-state index contributed by atoms with van der Waals surface area (Å²) in [4.78, 5) is 83.2. The summed E-state index contributed by atoms with van der Waals surface area (Å²) >= 11 is 0. The van der Waals surface area contributed by atoms with Crippen LogP contribution in [0, 0.1) is 37.9 Å². The largest absolute Gasteiger partial charge is 0.496 e. The lowest BCUT2D eigenvalue weighted by atomic mass is 9.88. The van der Waals surface area contributed by atoms with Gasteiger partial charge in [-0.2, -0.15) is 0 Å². The summed E-state index contributed by atoms with van der Waals surface area (Å²) in [6.45, 7) is 26.1. The van der Waals surface area contributed by atoms with Crippen molar-refractivity contribution in [2.24, 2.45) is 37.9 Å². The molecule has 4 atom stereocenters. The smallest absolute Gasteiger partial charge is 0.318 e. The van der Waals surface area contributed by atoms with Crippen LogP contribution in [0.5, 0.6) is 0 Å². The number of esters is 6. The molecule has 0 saturated carbocycles. The Kier molecular flexibility index (Phi) is 29.1. The van der Waals surface area contributed by atoms with Crippen LogP contribution in [0.2, 0.25) is 0 Å². The van der Waals surface area contributed by atoms with E-state index in [2.05, 4.69) is 6.58 Å². The van der Waals surface area contributed by atoms with Gasteiger partial charge in [-0.15, -0.1) is 0 Å². The predicted molar refractivity (Wildman–Crippen MR) is 271 cm³/mol. The molecule has 0 N–H and O–H groups in total. The Balaban J connectivity index is 7.13. The first-order valence-corrected chi connectivity index (χ1v) is 24.7. The van der Waals surface area contributed by atoms with Crippen LogP contribution < -0.4 is 0 Å². The monoisotopic (exact) mass is 1070 g/mol. The topological polar surface area (TPSA) is 241 Å². The molecule has 4 unspecified atom stereocenters. The Morgan fingerprint density at radius 1 is 0.311 bits per heavy atom. The second kappa shape index (κ2) is 30.7. The summed E-state index contributed by atoms with van der Waals surface area (Å²) in [7, 11) is 6.81. The van der Waals surface area contributed by atoms with E-state index in [0.29, 0.717) is 13.2 Å². The molecule has 0 rings (SSSR count). The normalized spacial score (nSPS) is 16.4. The zero-order chi connectivity index (χ0) is 57.5. The molecule has 0 fully saturated rings. The van der Waals surface area contributed by atoms with E-state index in [1.807, 2.05) is 41.5 Å². The van der Waals surface area contributed by atoms with Crippen LogP contribution in [0.15, 0.2) is 12.3 Å². The van der Waals surface area contributed by atoms with Gasteiger partial charge in [0.05, 0.1) is 76.6 Å². The number of rotatable bonds is 38. The van der Waals surface area contributed by atoms with Gasteiger partial charge in [0.15, 0.2) is 0 Å². The third-order valence-corrected chi connectivity index (χ3v) is 11.7. The molecule has 0 bridgehead atoms. The Morgan fingerprint density at radius 3 is 0.797 bits per heavy atom. The first-order valence-electron chi connectivity index (χ1n) is 24.7. The molecule has 0 saturated heterocycles. The van der Waals surface area contributed by atoms with Gasteiger partial charge in [-0.05, 0) is 104 Å². The van der Waals surface area contributed by atoms with Crippen LogP contribution in [0.3, 0.4) is 0 Å². The van der Waals surface area contributed by atoms with Crippen molar-refractivity contribution < 1.29 is 99.8 Å². The van der Waals surface area contributed by atoms with Crippen molar-refractivity contribution in [3.63, 3.8) is 0 Å². The van der Waals surface area contributed by atoms with E-state index < -0.39 is 125 Å². The van der Waals surface area contributed by atoms with Crippen LogP contribution in [-0.2, 0) is 99.8 Å². The molecule has 0 aromatic carbocycles. The molecule has 0 heterocycles. The van der Waals surface area contributed by atoms with Crippen molar-refractivity contribution >= 4 is 35.8 Å². The molecule has 0 aliphatic carbocycles. The minimum absolute atomic E-state index is 0.0224. The second-order valence-electron chi connectivity index (χ2n) is 22.8. The molecule has 21 nitrogen and oxygen atoms in total. The minimum atomic E-state index is -1.89. The van der Waals surface area contributed by atoms with E-state index in [4.69, 9.17) is 71.1 Å². The number of methoxy groups -OCH3 is 5. The highest BCUT2D eigenvalue weighted by molar-refractivity contribution is 5.82. The van der Waals surface area contributed by atoms with E-state index in [9.17, 15) is 28.8 Å².